The topological polar surface area (TPSA) is 165 Å². The number of aliphatic hydroxyl groups is 3. The van der Waals surface area contributed by atoms with Crippen molar-refractivity contribution in [2.75, 3.05) is 27.2 Å². The van der Waals surface area contributed by atoms with Crippen LogP contribution in [0.25, 0.3) is 0 Å². The maximum absolute atomic E-state index is 15.9. The fourth-order valence-corrected chi connectivity index (χ4v) is 7.13. The van der Waals surface area contributed by atoms with Crippen molar-refractivity contribution in [3.8, 4) is 5.75 Å². The molecule has 4 aliphatic rings. The number of likely N-dealkylation sites (N-methyl/N-ethyl adjacent to an activating group) is 1. The third kappa shape index (κ3) is 4.38. The third-order valence-corrected chi connectivity index (χ3v) is 9.18. The van der Waals surface area contributed by atoms with Gasteiger partial charge in [-0.2, -0.15) is 13.2 Å². The summed E-state index contributed by atoms with van der Waals surface area (Å²) in [5.41, 5.74) is 0.520. The number of primary amides is 1. The molecule has 10 nitrogen and oxygen atoms in total. The number of carbonyl (C=O) groups excluding carboxylic acids is 3. The first-order valence-electron chi connectivity index (χ1n) is 13.5. The normalized spacial score (nSPS) is 29.1. The van der Waals surface area contributed by atoms with E-state index in [1.165, 1.54) is 19.0 Å². The first-order chi connectivity index (χ1) is 19.5. The number of phenolic OH excluding ortho intramolecular Hbond substituents is 1. The molecule has 228 valence electrons. The number of piperidine rings is 1. The van der Waals surface area contributed by atoms with Gasteiger partial charge >= 0.3 is 6.18 Å². The van der Waals surface area contributed by atoms with E-state index in [0.29, 0.717) is 0 Å². The van der Waals surface area contributed by atoms with E-state index in [2.05, 4.69) is 0 Å². The van der Waals surface area contributed by atoms with Crippen LogP contribution in [0.15, 0.2) is 28.7 Å². The Morgan fingerprint density at radius 1 is 1.17 bits per heavy atom. The highest BCUT2D eigenvalue weighted by Gasteiger charge is 2.63. The van der Waals surface area contributed by atoms with Crippen LogP contribution in [0.5, 0.6) is 5.75 Å². The van der Waals surface area contributed by atoms with Crippen LogP contribution < -0.4 is 5.73 Å². The molecule has 5 rings (SSSR count). The van der Waals surface area contributed by atoms with E-state index in [-0.39, 0.29) is 56.4 Å². The van der Waals surface area contributed by atoms with Gasteiger partial charge < -0.3 is 26.2 Å². The predicted molar refractivity (Wildman–Crippen MR) is 138 cm³/mol. The lowest BCUT2D eigenvalue weighted by Gasteiger charge is -2.50. The summed E-state index contributed by atoms with van der Waals surface area (Å²) in [6, 6.07) is -0.167. The maximum Gasteiger partial charge on any atom is 0.391 e. The number of aliphatic hydroxyl groups excluding tert-OH is 2. The smallest absolute Gasteiger partial charge is 0.391 e. The Labute approximate surface area is 237 Å². The van der Waals surface area contributed by atoms with E-state index in [1.54, 1.807) is 4.90 Å². The van der Waals surface area contributed by atoms with Gasteiger partial charge in [-0.15, -0.1) is 0 Å². The summed E-state index contributed by atoms with van der Waals surface area (Å²) < 4.78 is 55.1. The molecule has 0 bridgehead atoms. The van der Waals surface area contributed by atoms with Crippen molar-refractivity contribution in [2.45, 2.75) is 50.0 Å². The van der Waals surface area contributed by atoms with Crippen molar-refractivity contribution in [1.82, 2.24) is 9.80 Å². The molecule has 0 saturated carbocycles. The van der Waals surface area contributed by atoms with Crippen molar-refractivity contribution in [2.24, 2.45) is 23.5 Å². The molecule has 0 unspecified atom stereocenters. The molecule has 1 saturated heterocycles. The number of carbonyl (C=O) groups is 3. The fraction of sp³-hybridized carbons (Fsp3) is 0.536. The van der Waals surface area contributed by atoms with E-state index in [9.17, 15) is 48.0 Å². The van der Waals surface area contributed by atoms with Crippen molar-refractivity contribution >= 4 is 17.5 Å². The summed E-state index contributed by atoms with van der Waals surface area (Å²) >= 11 is 0. The lowest BCUT2D eigenvalue weighted by molar-refractivity contribution is -0.185. The van der Waals surface area contributed by atoms with Crippen LogP contribution in [0, 0.1) is 23.6 Å². The zero-order valence-electron chi connectivity index (χ0n) is 22.8. The molecule has 3 aliphatic carbocycles. The lowest BCUT2D eigenvalue weighted by Crippen LogP contribution is -2.63. The molecule has 14 heteroatoms. The molecule has 1 fully saturated rings. The monoisotopic (exact) mass is 597 g/mol. The number of likely N-dealkylation sites (tertiary alicyclic amines) is 1. The van der Waals surface area contributed by atoms with Crippen molar-refractivity contribution in [3.63, 3.8) is 0 Å². The van der Waals surface area contributed by atoms with E-state index >= 15 is 4.39 Å². The van der Waals surface area contributed by atoms with Crippen LogP contribution in [0.3, 0.4) is 0 Å². The van der Waals surface area contributed by atoms with Crippen LogP contribution >= 0.6 is 0 Å². The Morgan fingerprint density at radius 2 is 1.79 bits per heavy atom. The summed E-state index contributed by atoms with van der Waals surface area (Å²) in [7, 11) is 2.99. The van der Waals surface area contributed by atoms with Gasteiger partial charge in [0.1, 0.15) is 28.7 Å². The van der Waals surface area contributed by atoms with Crippen LogP contribution in [-0.2, 0) is 22.6 Å². The number of alkyl halides is 3. The zero-order chi connectivity index (χ0) is 31.0. The summed E-state index contributed by atoms with van der Waals surface area (Å²) in [6.07, 6.45) is -5.03. The SMILES string of the molecule is CN(C)[C@@H]1C(O)=C(C(N)=O)C(=O)[C@@]2(O)C(O)=C3C(=O)c4c(O)cc(CN5CCC(C(F)(F)F)CC5)c(F)c4C[C@H]3C[C@@H]12. The average Bonchev–Trinajstić information content (AvgIpc) is 2.88. The minimum atomic E-state index is -4.31. The minimum absolute atomic E-state index is 0.0147. The second-order valence-corrected chi connectivity index (χ2v) is 11.8. The van der Waals surface area contributed by atoms with Gasteiger partial charge in [0.15, 0.2) is 11.4 Å². The summed E-state index contributed by atoms with van der Waals surface area (Å²) in [4.78, 5) is 42.0. The number of ketones is 2. The quantitative estimate of drug-likeness (QED) is 0.258. The largest absolute Gasteiger partial charge is 0.510 e. The number of aromatic hydroxyl groups is 1. The Kier molecular flexibility index (Phi) is 7.18. The van der Waals surface area contributed by atoms with Crippen molar-refractivity contribution in [1.29, 1.82) is 0 Å². The molecular formula is C28H31F4N3O7. The highest BCUT2D eigenvalue weighted by Crippen LogP contribution is 2.52. The van der Waals surface area contributed by atoms with E-state index < -0.39 is 92.8 Å². The number of allylic oxidation sites excluding steroid dienone is 1. The Morgan fingerprint density at radius 3 is 2.33 bits per heavy atom. The van der Waals surface area contributed by atoms with Crippen LogP contribution in [0.4, 0.5) is 17.6 Å². The number of nitrogens with zero attached hydrogens (tertiary/aromatic N) is 2. The molecular weight excluding hydrogens is 566 g/mol. The highest BCUT2D eigenvalue weighted by atomic mass is 19.4. The maximum atomic E-state index is 15.9. The second kappa shape index (κ2) is 10.1. The number of rotatable bonds is 4. The summed E-state index contributed by atoms with van der Waals surface area (Å²) in [6.45, 7) is 0.0286. The Hall–Kier alpha value is -3.49. The van der Waals surface area contributed by atoms with Gasteiger partial charge in [0.2, 0.25) is 5.78 Å². The van der Waals surface area contributed by atoms with Gasteiger partial charge in [0.25, 0.3) is 5.91 Å². The van der Waals surface area contributed by atoms with E-state index in [4.69, 9.17) is 5.73 Å². The van der Waals surface area contributed by atoms with Crippen molar-refractivity contribution < 1.29 is 52.4 Å². The Balaban J connectivity index is 1.53. The number of hydrogen-bond donors (Lipinski definition) is 5. The first kappa shape index (κ1) is 30.0. The first-order valence-corrected chi connectivity index (χ1v) is 13.5. The zero-order valence-corrected chi connectivity index (χ0v) is 22.8. The number of phenols is 1. The number of fused-ring (bicyclic) bond motifs is 3. The van der Waals surface area contributed by atoms with Gasteiger partial charge in [-0.1, -0.05) is 0 Å². The molecule has 1 aromatic carbocycles. The number of halogens is 4. The number of Topliss-reactive ketones (excluding diaryl/α,β-unsaturated/α-hetero) is 2. The number of benzene rings is 1. The molecule has 1 aromatic rings. The number of hydrogen-bond acceptors (Lipinski definition) is 9. The molecule has 6 N–H and O–H groups in total. The molecule has 42 heavy (non-hydrogen) atoms. The lowest BCUT2D eigenvalue weighted by atomic mass is 9.58. The van der Waals surface area contributed by atoms with Gasteiger partial charge in [0, 0.05) is 29.2 Å². The van der Waals surface area contributed by atoms with Gasteiger partial charge in [-0.3, -0.25) is 24.2 Å². The van der Waals surface area contributed by atoms with Gasteiger partial charge in [0.05, 0.1) is 17.5 Å². The van der Waals surface area contributed by atoms with E-state index in [1.807, 2.05) is 0 Å². The number of amides is 1. The van der Waals surface area contributed by atoms with Crippen LogP contribution in [0.2, 0.25) is 0 Å². The minimum Gasteiger partial charge on any atom is -0.510 e. The van der Waals surface area contributed by atoms with Crippen molar-refractivity contribution in [3.05, 3.63) is 51.2 Å². The third-order valence-electron chi connectivity index (χ3n) is 9.18. The van der Waals surface area contributed by atoms with Crippen LogP contribution in [-0.4, -0.2) is 92.7 Å². The summed E-state index contributed by atoms with van der Waals surface area (Å²) in [5.74, 6) is -10.6. The van der Waals surface area contributed by atoms with Gasteiger partial charge in [-0.05, 0) is 64.9 Å². The second-order valence-electron chi connectivity index (χ2n) is 11.8. The molecule has 0 aromatic heterocycles. The molecule has 4 atom stereocenters. The molecule has 1 amide bonds. The number of nitrogens with two attached hydrogens (primary N) is 1. The van der Waals surface area contributed by atoms with Gasteiger partial charge in [-0.25, -0.2) is 4.39 Å². The molecule has 1 aliphatic heterocycles. The molecule has 0 radical (unpaired) electrons. The fourth-order valence-electron chi connectivity index (χ4n) is 7.13. The van der Waals surface area contributed by atoms with E-state index in [0.717, 1.165) is 6.07 Å². The Bertz CT molecular complexity index is 1450. The predicted octanol–water partition coefficient (Wildman–Crippen LogP) is 2.03. The standard InChI is InChI=1S/C28H31F4N3O7/c1-34(2)21-15-8-11-7-14-18(22(37)17(11)24(39)27(15,42)25(40)19(23(21)38)26(33)41)16(36)9-12(20(14)29)10-35-5-3-13(4-6-35)28(30,31)32/h9,11,13,15,21,36,38-39,42H,3-8,10H2,1-2H3,(H2,33,41)/t11-,15-,21-,27-/m0/s1. The molecule has 0 spiro atoms. The summed E-state index contributed by atoms with van der Waals surface area (Å²) in [5, 5.41) is 44.5. The molecule has 1 heterocycles. The van der Waals surface area contributed by atoms with Crippen LogP contribution in [0.1, 0.15) is 40.7 Å². The highest BCUT2D eigenvalue weighted by molar-refractivity contribution is 6.24. The average molecular weight is 598 g/mol.